The number of halogens is 1. The number of nitrogens with one attached hydrogen (secondary N) is 1. The molecule has 0 atom stereocenters. The van der Waals surface area contributed by atoms with Crippen molar-refractivity contribution in [2.75, 3.05) is 11.8 Å². The second-order valence-corrected chi connectivity index (χ2v) is 9.48. The van der Waals surface area contributed by atoms with E-state index in [1.54, 1.807) is 36.4 Å². The minimum atomic E-state index is -3.95. The van der Waals surface area contributed by atoms with Gasteiger partial charge in [-0.2, -0.15) is 0 Å². The first-order valence-electron chi connectivity index (χ1n) is 9.63. The Morgan fingerprint density at radius 3 is 2.39 bits per heavy atom. The number of nitrogens with zero attached hydrogens (tertiary/aromatic N) is 2. The van der Waals surface area contributed by atoms with Crippen molar-refractivity contribution in [3.63, 3.8) is 0 Å². The number of para-hydroxylation sites is 2. The van der Waals surface area contributed by atoms with Gasteiger partial charge in [0.05, 0.1) is 17.4 Å². The molecule has 168 valence electrons. The summed E-state index contributed by atoms with van der Waals surface area (Å²) >= 11 is 7.83. The molecule has 2 heterocycles. The van der Waals surface area contributed by atoms with E-state index in [9.17, 15) is 8.42 Å². The number of anilines is 1. The average molecular weight is 500 g/mol. The molecule has 0 spiro atoms. The number of aromatic nitrogens is 2. The van der Waals surface area contributed by atoms with Gasteiger partial charge in [-0.1, -0.05) is 60.1 Å². The Morgan fingerprint density at radius 2 is 1.70 bits per heavy atom. The third kappa shape index (κ3) is 5.70. The summed E-state index contributed by atoms with van der Waals surface area (Å²) in [4.78, 5) is 9.41. The van der Waals surface area contributed by atoms with Crippen LogP contribution in [0.4, 0.5) is 5.82 Å². The van der Waals surface area contributed by atoms with Crippen LogP contribution in [-0.4, -0.2) is 25.5 Å². The lowest BCUT2D eigenvalue weighted by Gasteiger charge is -2.15. The van der Waals surface area contributed by atoms with E-state index in [0.717, 1.165) is 15.8 Å². The van der Waals surface area contributed by atoms with Gasteiger partial charge in [0.15, 0.2) is 28.3 Å². The third-order valence-corrected chi connectivity index (χ3v) is 6.42. The maximum atomic E-state index is 12.8. The number of methoxy groups -OCH3 is 1. The second-order valence-electron chi connectivity index (χ2n) is 6.61. The number of thiophene rings is 1. The van der Waals surface area contributed by atoms with Crippen molar-refractivity contribution in [3.05, 3.63) is 88.2 Å². The highest BCUT2D eigenvalue weighted by Crippen LogP contribution is 2.40. The van der Waals surface area contributed by atoms with E-state index in [1.165, 1.54) is 24.5 Å². The number of sulfonamides is 1. The van der Waals surface area contributed by atoms with Crippen LogP contribution in [0, 0.1) is 0 Å². The van der Waals surface area contributed by atoms with Crippen LogP contribution in [0.1, 0.15) is 5.56 Å². The van der Waals surface area contributed by atoms with Crippen molar-refractivity contribution in [1.29, 1.82) is 0 Å². The van der Waals surface area contributed by atoms with E-state index < -0.39 is 10.0 Å². The van der Waals surface area contributed by atoms with Crippen LogP contribution >= 0.6 is 22.9 Å². The summed E-state index contributed by atoms with van der Waals surface area (Å²) in [7, 11) is -2.45. The van der Waals surface area contributed by atoms with Gasteiger partial charge in [0.2, 0.25) is 5.75 Å². The lowest BCUT2D eigenvalue weighted by Crippen LogP contribution is -2.12. The van der Waals surface area contributed by atoms with Crippen LogP contribution < -0.4 is 14.2 Å². The third-order valence-electron chi connectivity index (χ3n) is 4.33. The molecule has 0 amide bonds. The molecular weight excluding hydrogens is 482 g/mol. The van der Waals surface area contributed by atoms with Gasteiger partial charge in [0.1, 0.15) is 0 Å². The molecule has 0 saturated carbocycles. The molecule has 2 aromatic heterocycles. The van der Waals surface area contributed by atoms with E-state index in [0.29, 0.717) is 11.5 Å². The molecule has 0 aliphatic rings. The summed E-state index contributed by atoms with van der Waals surface area (Å²) in [6, 6.07) is 19.6. The van der Waals surface area contributed by atoms with Crippen LogP contribution in [0.15, 0.2) is 77.5 Å². The van der Waals surface area contributed by atoms with Gasteiger partial charge in [0, 0.05) is 0 Å². The van der Waals surface area contributed by atoms with Gasteiger partial charge >= 0.3 is 0 Å². The SMILES string of the molecule is COc1ccccc1Oc1c(Cl)nc(-c2cccs2)nc1NS(=O)(=O)/C=C/c1ccccc1. The van der Waals surface area contributed by atoms with Gasteiger partial charge in [-0.15, -0.1) is 11.3 Å². The molecule has 2 aromatic carbocycles. The quantitative estimate of drug-likeness (QED) is 0.296. The Morgan fingerprint density at radius 1 is 0.970 bits per heavy atom. The fourth-order valence-corrected chi connectivity index (χ4v) is 4.49. The molecule has 0 fully saturated rings. The molecule has 0 radical (unpaired) electrons. The zero-order valence-corrected chi connectivity index (χ0v) is 19.7. The molecule has 0 unspecified atom stereocenters. The molecule has 0 bridgehead atoms. The standard InChI is InChI=1S/C23H18ClN3O4S2/c1-30-17-10-5-6-11-18(17)31-20-21(24)25-22(19-12-7-14-32-19)26-23(20)27-33(28,29)15-13-16-8-3-2-4-9-16/h2-15H,1H3,(H,25,26,27)/b15-13+. The summed E-state index contributed by atoms with van der Waals surface area (Å²) in [5.41, 5.74) is 0.730. The maximum absolute atomic E-state index is 12.8. The lowest BCUT2D eigenvalue weighted by molar-refractivity contribution is 0.378. The first-order chi connectivity index (χ1) is 15.9. The average Bonchev–Trinajstić information content (AvgIpc) is 3.36. The number of ether oxygens (including phenoxy) is 2. The highest BCUT2D eigenvalue weighted by Gasteiger charge is 2.21. The summed E-state index contributed by atoms with van der Waals surface area (Å²) in [6.07, 6.45) is 1.48. The second kappa shape index (κ2) is 10.0. The Balaban J connectivity index is 1.74. The molecule has 4 aromatic rings. The molecule has 7 nitrogen and oxygen atoms in total. The van der Waals surface area contributed by atoms with Crippen LogP contribution in [0.5, 0.6) is 17.2 Å². The molecule has 0 aliphatic carbocycles. The Hall–Kier alpha value is -3.40. The predicted molar refractivity (Wildman–Crippen MR) is 131 cm³/mol. The number of benzene rings is 2. The zero-order chi connectivity index (χ0) is 23.3. The van der Waals surface area contributed by atoms with Crippen molar-refractivity contribution in [1.82, 2.24) is 9.97 Å². The fourth-order valence-electron chi connectivity index (χ4n) is 2.81. The highest BCUT2D eigenvalue weighted by molar-refractivity contribution is 7.95. The molecule has 0 aliphatic heterocycles. The van der Waals surface area contributed by atoms with E-state index >= 15 is 0 Å². The molecule has 10 heteroatoms. The van der Waals surface area contributed by atoms with Gasteiger partial charge in [-0.05, 0) is 35.2 Å². The van der Waals surface area contributed by atoms with Crippen LogP contribution in [0.25, 0.3) is 16.8 Å². The fraction of sp³-hybridized carbons (Fsp3) is 0.0435. The van der Waals surface area contributed by atoms with Crippen molar-refractivity contribution in [2.24, 2.45) is 0 Å². The topological polar surface area (TPSA) is 90.4 Å². The van der Waals surface area contributed by atoms with Gasteiger partial charge < -0.3 is 9.47 Å². The van der Waals surface area contributed by atoms with Crippen molar-refractivity contribution < 1.29 is 17.9 Å². The van der Waals surface area contributed by atoms with Crippen molar-refractivity contribution >= 4 is 44.9 Å². The van der Waals surface area contributed by atoms with Gasteiger partial charge in [0.25, 0.3) is 10.0 Å². The van der Waals surface area contributed by atoms with Crippen LogP contribution in [0.3, 0.4) is 0 Å². The first-order valence-corrected chi connectivity index (χ1v) is 12.4. The number of rotatable bonds is 8. The smallest absolute Gasteiger partial charge is 0.256 e. The van der Waals surface area contributed by atoms with Gasteiger partial charge in [-0.25, -0.2) is 18.4 Å². The molecule has 1 N–H and O–H groups in total. The van der Waals surface area contributed by atoms with E-state index in [2.05, 4.69) is 14.7 Å². The monoisotopic (exact) mass is 499 g/mol. The Kier molecular flexibility index (Phi) is 6.93. The molecular formula is C23H18ClN3O4S2. The molecule has 4 rings (SSSR count). The van der Waals surface area contributed by atoms with Crippen LogP contribution in [-0.2, 0) is 10.0 Å². The first kappa shape index (κ1) is 22.8. The van der Waals surface area contributed by atoms with E-state index in [1.807, 2.05) is 35.7 Å². The number of hydrogen-bond acceptors (Lipinski definition) is 7. The Labute approximate surface area is 200 Å². The molecule has 33 heavy (non-hydrogen) atoms. The summed E-state index contributed by atoms with van der Waals surface area (Å²) < 4.78 is 39.3. The molecule has 0 saturated heterocycles. The minimum absolute atomic E-state index is 0.0434. The van der Waals surface area contributed by atoms with E-state index in [-0.39, 0.29) is 22.5 Å². The summed E-state index contributed by atoms with van der Waals surface area (Å²) in [6.45, 7) is 0. The number of hydrogen-bond donors (Lipinski definition) is 1. The van der Waals surface area contributed by atoms with E-state index in [4.69, 9.17) is 21.1 Å². The largest absolute Gasteiger partial charge is 0.493 e. The highest BCUT2D eigenvalue weighted by atomic mass is 35.5. The van der Waals surface area contributed by atoms with Gasteiger partial charge in [-0.3, -0.25) is 4.72 Å². The predicted octanol–water partition coefficient (Wildman–Crippen LogP) is 6.07. The summed E-state index contributed by atoms with van der Waals surface area (Å²) in [5.74, 6) is 0.899. The lowest BCUT2D eigenvalue weighted by atomic mass is 10.2. The van der Waals surface area contributed by atoms with Crippen LogP contribution in [0.2, 0.25) is 5.15 Å². The van der Waals surface area contributed by atoms with Crippen molar-refractivity contribution in [3.8, 4) is 28.0 Å². The maximum Gasteiger partial charge on any atom is 0.256 e. The Bertz CT molecular complexity index is 1380. The normalized spacial score (nSPS) is 11.5. The van der Waals surface area contributed by atoms with Crippen molar-refractivity contribution in [2.45, 2.75) is 0 Å². The summed E-state index contributed by atoms with van der Waals surface area (Å²) in [5, 5.41) is 2.86. The zero-order valence-electron chi connectivity index (χ0n) is 17.3. The minimum Gasteiger partial charge on any atom is -0.493 e.